The van der Waals surface area contributed by atoms with Crippen molar-refractivity contribution in [2.45, 2.75) is 38.8 Å². The zero-order valence-corrected chi connectivity index (χ0v) is 22.4. The van der Waals surface area contributed by atoms with Gasteiger partial charge >= 0.3 is 0 Å². The average molecular weight is 565 g/mol. The molecule has 184 valence electrons. The molecule has 1 aliphatic rings. The smallest absolute Gasteiger partial charge is 0.191 e. The topological polar surface area (TPSA) is 76.6 Å². The van der Waals surface area contributed by atoms with Crippen molar-refractivity contribution in [3.8, 4) is 11.5 Å². The highest BCUT2D eigenvalue weighted by Crippen LogP contribution is 2.24. The fourth-order valence-corrected chi connectivity index (χ4v) is 3.57. The number of nitrogens with one attached hydrogen (secondary N) is 2. The van der Waals surface area contributed by atoms with Gasteiger partial charge in [-0.3, -0.25) is 9.89 Å². The van der Waals surface area contributed by atoms with Gasteiger partial charge in [0, 0.05) is 58.5 Å². The van der Waals surface area contributed by atoms with Gasteiger partial charge in [-0.25, -0.2) is 0 Å². The van der Waals surface area contributed by atoms with E-state index in [1.165, 1.54) is 5.56 Å². The number of methoxy groups -OCH3 is 3. The van der Waals surface area contributed by atoms with Gasteiger partial charge in [-0.1, -0.05) is 0 Å². The van der Waals surface area contributed by atoms with Crippen LogP contribution < -0.4 is 20.1 Å². The first-order valence-electron chi connectivity index (χ1n) is 11.2. The fourth-order valence-electron chi connectivity index (χ4n) is 3.57. The van der Waals surface area contributed by atoms with Crippen molar-refractivity contribution in [3.05, 3.63) is 23.8 Å². The van der Waals surface area contributed by atoms with E-state index in [1.807, 2.05) is 6.07 Å². The van der Waals surface area contributed by atoms with E-state index < -0.39 is 0 Å². The van der Waals surface area contributed by atoms with Crippen molar-refractivity contribution in [2.75, 3.05) is 67.3 Å². The lowest BCUT2D eigenvalue weighted by molar-refractivity contribution is 0.0690. The van der Waals surface area contributed by atoms with Gasteiger partial charge < -0.3 is 29.6 Å². The van der Waals surface area contributed by atoms with Crippen LogP contribution in [-0.2, 0) is 16.0 Å². The number of aliphatic imine (C=N–C) groups is 1. The molecule has 1 saturated heterocycles. The third-order valence-electron chi connectivity index (χ3n) is 5.17. The molecule has 0 bridgehead atoms. The number of rotatable bonds is 14. The van der Waals surface area contributed by atoms with Crippen LogP contribution in [-0.4, -0.2) is 84.2 Å². The monoisotopic (exact) mass is 564 g/mol. The van der Waals surface area contributed by atoms with Gasteiger partial charge in [0.15, 0.2) is 5.96 Å². The Morgan fingerprint density at radius 3 is 2.47 bits per heavy atom. The highest BCUT2D eigenvalue weighted by molar-refractivity contribution is 14.0. The van der Waals surface area contributed by atoms with Crippen molar-refractivity contribution >= 4 is 29.9 Å². The zero-order chi connectivity index (χ0) is 22.3. The zero-order valence-electron chi connectivity index (χ0n) is 20.0. The molecule has 2 N–H and O–H groups in total. The van der Waals surface area contributed by atoms with E-state index in [1.54, 1.807) is 21.3 Å². The second-order valence-corrected chi connectivity index (χ2v) is 7.66. The Balaban J connectivity index is 0.00000512. The Morgan fingerprint density at radius 1 is 1.06 bits per heavy atom. The second-order valence-electron chi connectivity index (χ2n) is 7.66. The molecule has 1 atom stereocenters. The minimum absolute atomic E-state index is 0. The van der Waals surface area contributed by atoms with Gasteiger partial charge in [-0.05, 0) is 43.9 Å². The summed E-state index contributed by atoms with van der Waals surface area (Å²) < 4.78 is 21.3. The summed E-state index contributed by atoms with van der Waals surface area (Å²) >= 11 is 0. The van der Waals surface area contributed by atoms with E-state index in [0.29, 0.717) is 19.3 Å². The molecule has 0 spiro atoms. The SMILES string of the molecule is CCNC(=NCCCCOCCOC)NC1CCN(Cc2cc(OC)cc(OC)c2)C1.I. The summed E-state index contributed by atoms with van der Waals surface area (Å²) in [5.74, 6) is 2.56. The summed E-state index contributed by atoms with van der Waals surface area (Å²) in [6.45, 7) is 8.72. The molecular formula is C23H41IN4O4. The summed E-state index contributed by atoms with van der Waals surface area (Å²) in [4.78, 5) is 7.18. The van der Waals surface area contributed by atoms with Crippen LogP contribution in [0.3, 0.4) is 0 Å². The first-order valence-corrected chi connectivity index (χ1v) is 11.2. The number of unbranched alkanes of at least 4 members (excludes halogenated alkanes) is 1. The Morgan fingerprint density at radius 2 is 1.81 bits per heavy atom. The fraction of sp³-hybridized carbons (Fsp3) is 0.696. The van der Waals surface area contributed by atoms with Gasteiger partial charge in [0.1, 0.15) is 11.5 Å². The molecule has 0 aliphatic carbocycles. The normalized spacial score (nSPS) is 16.5. The minimum Gasteiger partial charge on any atom is -0.497 e. The van der Waals surface area contributed by atoms with Gasteiger partial charge in [-0.15, -0.1) is 24.0 Å². The number of hydrogen-bond acceptors (Lipinski definition) is 6. The summed E-state index contributed by atoms with van der Waals surface area (Å²) in [7, 11) is 5.06. The van der Waals surface area contributed by atoms with E-state index >= 15 is 0 Å². The number of halogens is 1. The maximum atomic E-state index is 5.50. The molecule has 1 aliphatic heterocycles. The highest BCUT2D eigenvalue weighted by atomic mass is 127. The lowest BCUT2D eigenvalue weighted by Gasteiger charge is -2.19. The molecule has 1 aromatic rings. The van der Waals surface area contributed by atoms with Crippen LogP contribution in [0.25, 0.3) is 0 Å². The highest BCUT2D eigenvalue weighted by Gasteiger charge is 2.23. The Kier molecular flexibility index (Phi) is 15.5. The van der Waals surface area contributed by atoms with Gasteiger partial charge in [0.2, 0.25) is 0 Å². The van der Waals surface area contributed by atoms with Crippen molar-refractivity contribution in [1.82, 2.24) is 15.5 Å². The number of guanidine groups is 1. The summed E-state index contributed by atoms with van der Waals surface area (Å²) in [5.41, 5.74) is 1.20. The minimum atomic E-state index is 0. The Bertz CT molecular complexity index is 641. The lowest BCUT2D eigenvalue weighted by Crippen LogP contribution is -2.44. The van der Waals surface area contributed by atoms with E-state index in [2.05, 4.69) is 34.6 Å². The molecule has 0 aromatic heterocycles. The maximum Gasteiger partial charge on any atom is 0.191 e. The largest absolute Gasteiger partial charge is 0.497 e. The first-order chi connectivity index (χ1) is 15.2. The van der Waals surface area contributed by atoms with Gasteiger partial charge in [0.05, 0.1) is 27.4 Å². The molecule has 0 radical (unpaired) electrons. The van der Waals surface area contributed by atoms with Crippen LogP contribution in [0.5, 0.6) is 11.5 Å². The van der Waals surface area contributed by atoms with Gasteiger partial charge in [-0.2, -0.15) is 0 Å². The number of nitrogens with zero attached hydrogens (tertiary/aromatic N) is 2. The van der Waals surface area contributed by atoms with Crippen molar-refractivity contribution < 1.29 is 18.9 Å². The number of ether oxygens (including phenoxy) is 4. The second kappa shape index (κ2) is 17.2. The molecule has 1 fully saturated rings. The molecule has 1 heterocycles. The van der Waals surface area contributed by atoms with E-state index in [-0.39, 0.29) is 24.0 Å². The van der Waals surface area contributed by atoms with E-state index in [9.17, 15) is 0 Å². The van der Waals surface area contributed by atoms with Crippen LogP contribution in [0.4, 0.5) is 0 Å². The first kappa shape index (κ1) is 28.7. The van der Waals surface area contributed by atoms with Crippen molar-refractivity contribution in [1.29, 1.82) is 0 Å². The molecule has 2 rings (SSSR count). The number of hydrogen-bond donors (Lipinski definition) is 2. The van der Waals surface area contributed by atoms with E-state index in [4.69, 9.17) is 23.9 Å². The Labute approximate surface area is 210 Å². The molecule has 9 heteroatoms. The van der Waals surface area contributed by atoms with E-state index in [0.717, 1.165) is 76.1 Å². The third-order valence-corrected chi connectivity index (χ3v) is 5.17. The number of benzene rings is 1. The summed E-state index contributed by atoms with van der Waals surface area (Å²) in [6.07, 6.45) is 3.12. The van der Waals surface area contributed by atoms with Crippen molar-refractivity contribution in [3.63, 3.8) is 0 Å². The molecule has 0 saturated carbocycles. The van der Waals surface area contributed by atoms with Crippen LogP contribution in [0, 0.1) is 0 Å². The van der Waals surface area contributed by atoms with Crippen LogP contribution >= 0.6 is 24.0 Å². The van der Waals surface area contributed by atoms with Crippen molar-refractivity contribution in [2.24, 2.45) is 4.99 Å². The standard InChI is InChI=1S/C23H40N4O4.HI/c1-5-24-23(25-9-6-7-11-31-13-12-28-2)26-20-8-10-27(18-20)17-19-14-21(29-3)16-22(15-19)30-4;/h14-16,20H,5-13,17-18H2,1-4H3,(H2,24,25,26);1H. The maximum absolute atomic E-state index is 5.50. The van der Waals surface area contributed by atoms with Gasteiger partial charge in [0.25, 0.3) is 0 Å². The summed E-state index contributed by atoms with van der Waals surface area (Å²) in [6, 6.07) is 6.45. The molecule has 8 nitrogen and oxygen atoms in total. The van der Waals surface area contributed by atoms with Crippen LogP contribution in [0.2, 0.25) is 0 Å². The number of likely N-dealkylation sites (tertiary alicyclic amines) is 1. The Hall–Kier alpha value is -1.30. The lowest BCUT2D eigenvalue weighted by atomic mass is 10.2. The predicted octanol–water partition coefficient (Wildman–Crippen LogP) is 2.89. The molecule has 1 aromatic carbocycles. The molecular weight excluding hydrogens is 523 g/mol. The quantitative estimate of drug-likeness (QED) is 0.156. The van der Waals surface area contributed by atoms with Crippen LogP contribution in [0.15, 0.2) is 23.2 Å². The molecule has 32 heavy (non-hydrogen) atoms. The third kappa shape index (κ3) is 11.0. The molecule has 0 amide bonds. The average Bonchev–Trinajstić information content (AvgIpc) is 3.21. The van der Waals surface area contributed by atoms with Crippen LogP contribution in [0.1, 0.15) is 31.7 Å². The predicted molar refractivity (Wildman–Crippen MR) is 140 cm³/mol. The summed E-state index contributed by atoms with van der Waals surface area (Å²) in [5, 5.41) is 6.96. The molecule has 1 unspecified atom stereocenters.